The number of rotatable bonds is 4. The van der Waals surface area contributed by atoms with E-state index in [1.165, 1.54) is 21.8 Å². The number of thiophene rings is 1. The minimum absolute atomic E-state index is 0.311. The summed E-state index contributed by atoms with van der Waals surface area (Å²) in [6, 6.07) is 6.91. The maximum Gasteiger partial charge on any atom is 0.349 e. The summed E-state index contributed by atoms with van der Waals surface area (Å²) in [7, 11) is 0. The van der Waals surface area contributed by atoms with E-state index >= 15 is 0 Å². The molecule has 0 saturated heterocycles. The van der Waals surface area contributed by atoms with Crippen LogP contribution in [0.4, 0.5) is 5.69 Å². The van der Waals surface area contributed by atoms with Gasteiger partial charge in [0.15, 0.2) is 6.10 Å². The van der Waals surface area contributed by atoms with E-state index in [-0.39, 0.29) is 5.69 Å². The molecule has 0 saturated carbocycles. The summed E-state index contributed by atoms with van der Waals surface area (Å²) in [6.45, 7) is 3.75. The minimum Gasteiger partial charge on any atom is -0.448 e. The Morgan fingerprint density at radius 2 is 2.04 bits per heavy atom. The molecule has 8 heteroatoms. The van der Waals surface area contributed by atoms with Crippen LogP contribution in [0.15, 0.2) is 29.1 Å². The zero-order valence-electron chi connectivity index (χ0n) is 15.6. The summed E-state index contributed by atoms with van der Waals surface area (Å²) in [5.41, 5.74) is 2.66. The van der Waals surface area contributed by atoms with Gasteiger partial charge in [0, 0.05) is 10.6 Å². The molecule has 0 radical (unpaired) electrons. The maximum absolute atomic E-state index is 12.5. The molecule has 3 aromatic rings. The molecule has 0 unspecified atom stereocenters. The average molecular weight is 399 g/mol. The maximum atomic E-state index is 12.5. The SMILES string of the molecule is C[C@H]1CCc2sc(C(=O)O[C@H](C)C(=O)Nc3ccc4[nH]c(=O)[nH]c4c3)cc2C1. The van der Waals surface area contributed by atoms with E-state index in [1.54, 1.807) is 25.1 Å². The number of ether oxygens (including phenoxy) is 1. The molecule has 1 aliphatic rings. The number of H-pyrrole nitrogens is 2. The largest absolute Gasteiger partial charge is 0.448 e. The number of carbonyl (C=O) groups is 2. The molecule has 3 N–H and O–H groups in total. The first-order chi connectivity index (χ1) is 13.4. The Kier molecular flexibility index (Phi) is 4.80. The molecular formula is C20H21N3O4S. The van der Waals surface area contributed by atoms with Gasteiger partial charge in [-0.1, -0.05) is 6.92 Å². The third-order valence-corrected chi connectivity index (χ3v) is 6.18. The van der Waals surface area contributed by atoms with Crippen LogP contribution in [0.3, 0.4) is 0 Å². The molecule has 0 spiro atoms. The van der Waals surface area contributed by atoms with Crippen molar-refractivity contribution in [3.05, 3.63) is 50.1 Å². The molecule has 1 aliphatic carbocycles. The Morgan fingerprint density at radius 1 is 1.25 bits per heavy atom. The number of esters is 1. The van der Waals surface area contributed by atoms with Gasteiger partial charge in [-0.15, -0.1) is 11.3 Å². The lowest BCUT2D eigenvalue weighted by Crippen LogP contribution is -2.29. The fourth-order valence-electron chi connectivity index (χ4n) is 3.43. The zero-order valence-corrected chi connectivity index (χ0v) is 16.4. The third-order valence-electron chi connectivity index (χ3n) is 4.97. The molecule has 1 amide bonds. The Labute approximate surface area is 165 Å². The normalized spacial score (nSPS) is 17.1. The van der Waals surface area contributed by atoms with E-state index in [9.17, 15) is 14.4 Å². The number of carbonyl (C=O) groups excluding carboxylic acids is 2. The van der Waals surface area contributed by atoms with Crippen LogP contribution < -0.4 is 11.0 Å². The number of nitrogens with one attached hydrogen (secondary N) is 3. The lowest BCUT2D eigenvalue weighted by atomic mass is 9.90. The number of imidazole rings is 1. The molecule has 0 aliphatic heterocycles. The van der Waals surface area contributed by atoms with Crippen molar-refractivity contribution in [3.8, 4) is 0 Å². The first-order valence-electron chi connectivity index (χ1n) is 9.24. The molecule has 2 heterocycles. The second-order valence-corrected chi connectivity index (χ2v) is 8.42. The molecule has 4 rings (SSSR count). The van der Waals surface area contributed by atoms with Crippen molar-refractivity contribution in [2.45, 2.75) is 39.2 Å². The number of aryl methyl sites for hydroxylation is 1. The summed E-state index contributed by atoms with van der Waals surface area (Å²) >= 11 is 1.46. The van der Waals surface area contributed by atoms with E-state index in [4.69, 9.17) is 4.74 Å². The van der Waals surface area contributed by atoms with Crippen LogP contribution in [-0.2, 0) is 22.4 Å². The van der Waals surface area contributed by atoms with Gasteiger partial charge >= 0.3 is 11.7 Å². The zero-order chi connectivity index (χ0) is 19.8. The number of benzene rings is 1. The molecular weight excluding hydrogens is 378 g/mol. The van der Waals surface area contributed by atoms with Crippen LogP contribution in [0, 0.1) is 5.92 Å². The first-order valence-corrected chi connectivity index (χ1v) is 10.1. The lowest BCUT2D eigenvalue weighted by Gasteiger charge is -2.16. The van der Waals surface area contributed by atoms with E-state index in [0.29, 0.717) is 27.5 Å². The van der Waals surface area contributed by atoms with Crippen molar-refractivity contribution in [1.82, 2.24) is 9.97 Å². The van der Waals surface area contributed by atoms with Gasteiger partial charge in [0.25, 0.3) is 5.91 Å². The van der Waals surface area contributed by atoms with Crippen molar-refractivity contribution >= 4 is 39.9 Å². The smallest absolute Gasteiger partial charge is 0.349 e. The summed E-state index contributed by atoms with van der Waals surface area (Å²) in [6.07, 6.45) is 2.18. The number of aromatic amines is 2. The number of hydrogen-bond donors (Lipinski definition) is 3. The second kappa shape index (κ2) is 7.27. The van der Waals surface area contributed by atoms with Gasteiger partial charge in [0.1, 0.15) is 4.88 Å². The van der Waals surface area contributed by atoms with Gasteiger partial charge < -0.3 is 20.0 Å². The number of hydrogen-bond acceptors (Lipinski definition) is 5. The van der Waals surface area contributed by atoms with Crippen LogP contribution in [0.5, 0.6) is 0 Å². The van der Waals surface area contributed by atoms with E-state index in [2.05, 4.69) is 22.2 Å². The summed E-state index contributed by atoms with van der Waals surface area (Å²) in [4.78, 5) is 43.2. The Bertz CT molecular complexity index is 1110. The molecule has 2 aromatic heterocycles. The highest BCUT2D eigenvalue weighted by Gasteiger charge is 2.24. The highest BCUT2D eigenvalue weighted by molar-refractivity contribution is 7.14. The molecule has 0 bridgehead atoms. The van der Waals surface area contributed by atoms with Gasteiger partial charge in [0.05, 0.1) is 11.0 Å². The van der Waals surface area contributed by atoms with Gasteiger partial charge in [0.2, 0.25) is 0 Å². The Hall–Kier alpha value is -2.87. The minimum atomic E-state index is -0.938. The second-order valence-electron chi connectivity index (χ2n) is 7.28. The summed E-state index contributed by atoms with van der Waals surface area (Å²) < 4.78 is 5.36. The molecule has 7 nitrogen and oxygen atoms in total. The topological polar surface area (TPSA) is 104 Å². The highest BCUT2D eigenvalue weighted by Crippen LogP contribution is 2.32. The van der Waals surface area contributed by atoms with Crippen molar-refractivity contribution in [1.29, 1.82) is 0 Å². The van der Waals surface area contributed by atoms with Crippen LogP contribution in [-0.4, -0.2) is 27.9 Å². The average Bonchev–Trinajstić information content (AvgIpc) is 3.23. The Morgan fingerprint density at radius 3 is 2.86 bits per heavy atom. The quantitative estimate of drug-likeness (QED) is 0.586. The predicted molar refractivity (Wildman–Crippen MR) is 108 cm³/mol. The fraction of sp³-hybridized carbons (Fsp3) is 0.350. The molecule has 28 heavy (non-hydrogen) atoms. The van der Waals surface area contributed by atoms with E-state index in [1.807, 2.05) is 6.07 Å². The molecule has 1 aromatic carbocycles. The van der Waals surface area contributed by atoms with Crippen LogP contribution in [0.25, 0.3) is 11.0 Å². The van der Waals surface area contributed by atoms with Crippen molar-refractivity contribution < 1.29 is 14.3 Å². The molecule has 2 atom stereocenters. The van der Waals surface area contributed by atoms with Crippen molar-refractivity contribution in [2.75, 3.05) is 5.32 Å². The van der Waals surface area contributed by atoms with Crippen LogP contribution >= 0.6 is 11.3 Å². The standard InChI is InChI=1S/C20H21N3O4S/c1-10-3-6-16-12(7-10)8-17(28-16)19(25)27-11(2)18(24)21-13-4-5-14-15(9-13)23-20(26)22-14/h4-5,8-11H,3,6-7H2,1-2H3,(H,21,24)(H2,22,23,26)/t10-,11+/m0/s1. The Balaban J connectivity index is 1.40. The van der Waals surface area contributed by atoms with E-state index < -0.39 is 18.0 Å². The molecule has 146 valence electrons. The van der Waals surface area contributed by atoms with Gasteiger partial charge in [-0.3, -0.25) is 4.79 Å². The number of aromatic nitrogens is 2. The van der Waals surface area contributed by atoms with Crippen LogP contribution in [0.2, 0.25) is 0 Å². The number of anilines is 1. The van der Waals surface area contributed by atoms with Gasteiger partial charge in [-0.2, -0.15) is 0 Å². The van der Waals surface area contributed by atoms with E-state index in [0.717, 1.165) is 19.3 Å². The van der Waals surface area contributed by atoms with Crippen molar-refractivity contribution in [2.24, 2.45) is 5.92 Å². The van der Waals surface area contributed by atoms with Crippen LogP contribution in [0.1, 0.15) is 40.4 Å². The van der Waals surface area contributed by atoms with Gasteiger partial charge in [-0.25, -0.2) is 9.59 Å². The third kappa shape index (κ3) is 3.73. The number of amides is 1. The highest BCUT2D eigenvalue weighted by atomic mass is 32.1. The number of fused-ring (bicyclic) bond motifs is 2. The fourth-order valence-corrected chi connectivity index (χ4v) is 4.52. The first kappa shape index (κ1) is 18.5. The summed E-state index contributed by atoms with van der Waals surface area (Å²) in [5.74, 6) is -0.274. The predicted octanol–water partition coefficient (Wildman–Crippen LogP) is 3.23. The summed E-state index contributed by atoms with van der Waals surface area (Å²) in [5, 5.41) is 2.71. The lowest BCUT2D eigenvalue weighted by molar-refractivity contribution is -0.123. The molecule has 0 fully saturated rings. The van der Waals surface area contributed by atoms with Gasteiger partial charge in [-0.05, 0) is 61.9 Å². The monoisotopic (exact) mass is 399 g/mol. The van der Waals surface area contributed by atoms with Crippen molar-refractivity contribution in [3.63, 3.8) is 0 Å².